The van der Waals surface area contributed by atoms with Crippen molar-refractivity contribution in [2.24, 2.45) is 0 Å². The van der Waals surface area contributed by atoms with Crippen LogP contribution in [0.4, 0.5) is 0 Å². The number of aromatic nitrogens is 4. The number of nitrogens with zero attached hydrogens (tertiary/aromatic N) is 4. The molecule has 3 aromatic heterocycles. The van der Waals surface area contributed by atoms with E-state index in [1.54, 1.807) is 22.0 Å². The lowest BCUT2D eigenvalue weighted by Crippen LogP contribution is -2.22. The van der Waals surface area contributed by atoms with Crippen LogP contribution in [0.2, 0.25) is 0 Å². The van der Waals surface area contributed by atoms with Crippen LogP contribution in [0.1, 0.15) is 41.9 Å². The number of allylic oxidation sites excluding steroid dienone is 1. The van der Waals surface area contributed by atoms with E-state index in [4.69, 9.17) is 9.51 Å². The van der Waals surface area contributed by atoms with Crippen molar-refractivity contribution in [3.05, 3.63) is 45.2 Å². The zero-order chi connectivity index (χ0) is 18.1. The highest BCUT2D eigenvalue weighted by Gasteiger charge is 2.23. The quantitative estimate of drug-likeness (QED) is 0.349. The zero-order valence-electron chi connectivity index (χ0n) is 14.7. The lowest BCUT2D eigenvalue weighted by molar-refractivity contribution is 0.384. The first kappa shape index (κ1) is 17.5. The van der Waals surface area contributed by atoms with Crippen molar-refractivity contribution in [3.63, 3.8) is 0 Å². The van der Waals surface area contributed by atoms with Gasteiger partial charge >= 0.3 is 0 Å². The molecular weight excluding hydrogens is 368 g/mol. The Labute approximate surface area is 159 Å². The van der Waals surface area contributed by atoms with Crippen molar-refractivity contribution < 1.29 is 4.52 Å². The Kier molecular flexibility index (Phi) is 4.95. The number of thiophene rings is 1. The van der Waals surface area contributed by atoms with Crippen LogP contribution < -0.4 is 5.56 Å². The van der Waals surface area contributed by atoms with Gasteiger partial charge in [0.2, 0.25) is 5.89 Å². The molecule has 3 heterocycles. The van der Waals surface area contributed by atoms with E-state index in [9.17, 15) is 4.79 Å². The van der Waals surface area contributed by atoms with E-state index >= 15 is 0 Å². The highest BCUT2D eigenvalue weighted by Crippen LogP contribution is 2.35. The van der Waals surface area contributed by atoms with E-state index in [1.807, 2.05) is 0 Å². The molecule has 0 spiro atoms. The lowest BCUT2D eigenvalue weighted by atomic mass is 10.2. The molecule has 26 heavy (non-hydrogen) atoms. The third-order valence-electron chi connectivity index (χ3n) is 4.41. The molecule has 0 amide bonds. The standard InChI is InChI=1S/C18H20N4O2S2/c1-3-6-13-19-14(24-21-13)10-25-18-20-16-15(17(23)22(18)9-4-2)11-7-5-8-12(11)26-16/h4H,2-3,5-10H2,1H3. The van der Waals surface area contributed by atoms with Crippen molar-refractivity contribution in [3.8, 4) is 0 Å². The molecule has 0 radical (unpaired) electrons. The molecule has 1 aliphatic rings. The number of fused-ring (bicyclic) bond motifs is 3. The van der Waals surface area contributed by atoms with Gasteiger partial charge in [0.1, 0.15) is 4.83 Å². The maximum atomic E-state index is 13.1. The molecule has 1 aliphatic carbocycles. The van der Waals surface area contributed by atoms with Gasteiger partial charge in [-0.05, 0) is 31.2 Å². The van der Waals surface area contributed by atoms with Crippen LogP contribution in [-0.2, 0) is 31.6 Å². The summed E-state index contributed by atoms with van der Waals surface area (Å²) in [5.41, 5.74) is 1.24. The van der Waals surface area contributed by atoms with Crippen LogP contribution in [0.15, 0.2) is 27.1 Å². The predicted octanol–water partition coefficient (Wildman–Crippen LogP) is 3.76. The van der Waals surface area contributed by atoms with Crippen LogP contribution in [0.3, 0.4) is 0 Å². The Morgan fingerprint density at radius 3 is 3.08 bits per heavy atom. The first-order valence-electron chi connectivity index (χ1n) is 8.81. The number of aryl methyl sites for hydroxylation is 3. The normalized spacial score (nSPS) is 13.4. The summed E-state index contributed by atoms with van der Waals surface area (Å²) in [6.45, 7) is 6.31. The first-order chi connectivity index (χ1) is 12.7. The lowest BCUT2D eigenvalue weighted by Gasteiger charge is -2.09. The highest BCUT2D eigenvalue weighted by molar-refractivity contribution is 7.98. The summed E-state index contributed by atoms with van der Waals surface area (Å²) in [5.74, 6) is 1.79. The van der Waals surface area contributed by atoms with Gasteiger partial charge in [-0.2, -0.15) is 4.98 Å². The summed E-state index contributed by atoms with van der Waals surface area (Å²) in [6.07, 6.45) is 6.69. The monoisotopic (exact) mass is 388 g/mol. The van der Waals surface area contributed by atoms with E-state index in [1.165, 1.54) is 22.2 Å². The maximum absolute atomic E-state index is 13.1. The van der Waals surface area contributed by atoms with Gasteiger partial charge in [-0.15, -0.1) is 17.9 Å². The summed E-state index contributed by atoms with van der Waals surface area (Å²) < 4.78 is 6.99. The van der Waals surface area contributed by atoms with Gasteiger partial charge in [0.05, 0.1) is 11.1 Å². The molecule has 8 heteroatoms. The van der Waals surface area contributed by atoms with Gasteiger partial charge in [0.15, 0.2) is 11.0 Å². The minimum absolute atomic E-state index is 0.0361. The summed E-state index contributed by atoms with van der Waals surface area (Å²) >= 11 is 3.11. The summed E-state index contributed by atoms with van der Waals surface area (Å²) in [5, 5.41) is 5.46. The molecule has 0 aromatic carbocycles. The van der Waals surface area contributed by atoms with Crippen LogP contribution in [0.25, 0.3) is 10.2 Å². The van der Waals surface area contributed by atoms with Gasteiger partial charge in [-0.1, -0.05) is 29.9 Å². The zero-order valence-corrected chi connectivity index (χ0v) is 16.3. The van der Waals surface area contributed by atoms with Gasteiger partial charge in [0.25, 0.3) is 5.56 Å². The van der Waals surface area contributed by atoms with Crippen LogP contribution in [0, 0.1) is 0 Å². The minimum atomic E-state index is 0.0361. The van der Waals surface area contributed by atoms with E-state index < -0.39 is 0 Å². The predicted molar refractivity (Wildman–Crippen MR) is 104 cm³/mol. The van der Waals surface area contributed by atoms with Crippen LogP contribution in [-0.4, -0.2) is 19.7 Å². The highest BCUT2D eigenvalue weighted by atomic mass is 32.2. The Hall–Kier alpha value is -1.93. The van der Waals surface area contributed by atoms with Crippen molar-refractivity contribution >= 4 is 33.3 Å². The minimum Gasteiger partial charge on any atom is -0.338 e. The molecule has 0 atom stereocenters. The van der Waals surface area contributed by atoms with Gasteiger partial charge < -0.3 is 4.52 Å². The third kappa shape index (κ3) is 3.12. The molecule has 136 valence electrons. The molecule has 0 bridgehead atoms. The summed E-state index contributed by atoms with van der Waals surface area (Å²) in [7, 11) is 0. The molecule has 0 aliphatic heterocycles. The Morgan fingerprint density at radius 2 is 2.27 bits per heavy atom. The smallest absolute Gasteiger partial charge is 0.263 e. The van der Waals surface area contributed by atoms with Crippen molar-refractivity contribution in [2.45, 2.75) is 56.5 Å². The van der Waals surface area contributed by atoms with Crippen LogP contribution in [0.5, 0.6) is 0 Å². The average molecular weight is 389 g/mol. The SMILES string of the molecule is C=CCn1c(SCc2nc(CCC)no2)nc2sc3c(c2c1=O)CCC3. The fourth-order valence-electron chi connectivity index (χ4n) is 3.26. The van der Waals surface area contributed by atoms with Gasteiger partial charge in [-0.25, -0.2) is 4.98 Å². The number of hydrogen-bond donors (Lipinski definition) is 0. The second-order valence-corrected chi connectivity index (χ2v) is 8.31. The number of hydrogen-bond acceptors (Lipinski definition) is 7. The summed E-state index contributed by atoms with van der Waals surface area (Å²) in [6, 6.07) is 0. The van der Waals surface area contributed by atoms with Gasteiger partial charge in [-0.3, -0.25) is 9.36 Å². The first-order valence-corrected chi connectivity index (χ1v) is 10.6. The Balaban J connectivity index is 1.68. The molecule has 3 aromatic rings. The molecular formula is C18H20N4O2S2. The molecule has 4 rings (SSSR count). The van der Waals surface area contributed by atoms with Crippen molar-refractivity contribution in [1.82, 2.24) is 19.7 Å². The van der Waals surface area contributed by atoms with E-state index in [0.717, 1.165) is 48.1 Å². The van der Waals surface area contributed by atoms with Gasteiger partial charge in [0, 0.05) is 17.8 Å². The topological polar surface area (TPSA) is 73.8 Å². The molecule has 0 fully saturated rings. The van der Waals surface area contributed by atoms with Crippen molar-refractivity contribution in [2.75, 3.05) is 0 Å². The molecule has 0 saturated heterocycles. The molecule has 6 nitrogen and oxygen atoms in total. The Bertz CT molecular complexity index is 1020. The fourth-order valence-corrected chi connectivity index (χ4v) is 5.41. The average Bonchev–Trinajstić information content (AvgIpc) is 3.32. The van der Waals surface area contributed by atoms with E-state index in [-0.39, 0.29) is 5.56 Å². The van der Waals surface area contributed by atoms with Crippen molar-refractivity contribution in [1.29, 1.82) is 0 Å². The molecule has 0 N–H and O–H groups in total. The summed E-state index contributed by atoms with van der Waals surface area (Å²) in [4.78, 5) is 24.4. The second-order valence-electron chi connectivity index (χ2n) is 6.28. The Morgan fingerprint density at radius 1 is 1.38 bits per heavy atom. The van der Waals surface area contributed by atoms with E-state index in [2.05, 4.69) is 23.6 Å². The van der Waals surface area contributed by atoms with E-state index in [0.29, 0.717) is 23.3 Å². The molecule has 0 saturated carbocycles. The van der Waals surface area contributed by atoms with Crippen LogP contribution >= 0.6 is 23.1 Å². The fraction of sp³-hybridized carbons (Fsp3) is 0.444. The largest absolute Gasteiger partial charge is 0.338 e. The number of thioether (sulfide) groups is 1. The number of rotatable bonds is 7. The third-order valence-corrected chi connectivity index (χ3v) is 6.56. The molecule has 0 unspecified atom stereocenters. The second kappa shape index (κ2) is 7.36. The maximum Gasteiger partial charge on any atom is 0.263 e.